The summed E-state index contributed by atoms with van der Waals surface area (Å²) in [4.78, 5) is 12.0. The molecule has 0 aliphatic heterocycles. The minimum atomic E-state index is -1.05. The number of hydrogen-bond acceptors (Lipinski definition) is 4. The van der Waals surface area contributed by atoms with E-state index in [1.165, 1.54) is 12.3 Å². The van der Waals surface area contributed by atoms with E-state index in [1.807, 2.05) is 0 Å². The first-order chi connectivity index (χ1) is 10.5. The first kappa shape index (κ1) is 16.8. The first-order valence-corrected chi connectivity index (χ1v) is 7.33. The molecular weight excluding hydrogens is 329 g/mol. The van der Waals surface area contributed by atoms with Crippen LogP contribution in [0.1, 0.15) is 29.9 Å². The Morgan fingerprint density at radius 1 is 1.27 bits per heavy atom. The molecular formula is C15H15Cl2NO4. The van der Waals surface area contributed by atoms with E-state index in [0.29, 0.717) is 21.4 Å². The van der Waals surface area contributed by atoms with Gasteiger partial charge in [-0.2, -0.15) is 0 Å². The summed E-state index contributed by atoms with van der Waals surface area (Å²) in [5.41, 5.74) is 0.450. The molecule has 1 aromatic carbocycles. The van der Waals surface area contributed by atoms with Crippen molar-refractivity contribution in [3.8, 4) is 0 Å². The summed E-state index contributed by atoms with van der Waals surface area (Å²) in [6, 6.07) is 7.28. The third kappa shape index (κ3) is 4.48. The summed E-state index contributed by atoms with van der Waals surface area (Å²) in [7, 11) is 0. The molecule has 0 radical (unpaired) electrons. The van der Waals surface area contributed by atoms with Crippen LogP contribution in [0.25, 0.3) is 0 Å². The molecule has 7 heteroatoms. The van der Waals surface area contributed by atoms with Gasteiger partial charge in [-0.3, -0.25) is 4.79 Å². The van der Waals surface area contributed by atoms with Crippen LogP contribution < -0.4 is 5.32 Å². The van der Waals surface area contributed by atoms with Crippen molar-refractivity contribution in [3.63, 3.8) is 0 Å². The van der Waals surface area contributed by atoms with E-state index in [-0.39, 0.29) is 13.0 Å². The molecule has 0 aliphatic carbocycles. The number of aliphatic hydroxyl groups excluding tert-OH is 2. The zero-order chi connectivity index (χ0) is 16.1. The fourth-order valence-corrected chi connectivity index (χ4v) is 2.55. The summed E-state index contributed by atoms with van der Waals surface area (Å²) in [6.45, 7) is -0.307. The maximum atomic E-state index is 12.0. The SMILES string of the molecule is O=C(CC(O)c1cc(Cl)cc(Cl)c1)NC(CO)c1ccco1. The lowest BCUT2D eigenvalue weighted by atomic mass is 10.1. The van der Waals surface area contributed by atoms with Crippen molar-refractivity contribution in [2.75, 3.05) is 6.61 Å². The topological polar surface area (TPSA) is 82.7 Å². The lowest BCUT2D eigenvalue weighted by molar-refractivity contribution is -0.124. The van der Waals surface area contributed by atoms with E-state index in [2.05, 4.69) is 5.32 Å². The summed E-state index contributed by atoms with van der Waals surface area (Å²) in [6.07, 6.45) is 0.216. The van der Waals surface area contributed by atoms with E-state index in [0.717, 1.165) is 0 Å². The van der Waals surface area contributed by atoms with E-state index < -0.39 is 18.1 Å². The molecule has 0 spiro atoms. The van der Waals surface area contributed by atoms with Crippen LogP contribution in [-0.2, 0) is 4.79 Å². The first-order valence-electron chi connectivity index (χ1n) is 6.57. The number of benzene rings is 1. The van der Waals surface area contributed by atoms with Crippen LogP contribution in [0.15, 0.2) is 41.0 Å². The second-order valence-corrected chi connectivity index (χ2v) is 5.61. The molecule has 22 heavy (non-hydrogen) atoms. The van der Waals surface area contributed by atoms with Gasteiger partial charge in [-0.15, -0.1) is 0 Å². The Balaban J connectivity index is 1.98. The largest absolute Gasteiger partial charge is 0.467 e. The van der Waals surface area contributed by atoms with Crippen LogP contribution in [0.2, 0.25) is 10.0 Å². The Hall–Kier alpha value is -1.53. The van der Waals surface area contributed by atoms with Crippen molar-refractivity contribution in [1.29, 1.82) is 0 Å². The Kier molecular flexibility index (Phi) is 5.85. The van der Waals surface area contributed by atoms with Crippen LogP contribution in [0.4, 0.5) is 0 Å². The lowest BCUT2D eigenvalue weighted by Gasteiger charge is -2.16. The molecule has 1 amide bonds. The number of aliphatic hydroxyl groups is 2. The summed E-state index contributed by atoms with van der Waals surface area (Å²) < 4.78 is 5.14. The van der Waals surface area contributed by atoms with Crippen LogP contribution in [0.5, 0.6) is 0 Å². The van der Waals surface area contributed by atoms with Crippen molar-refractivity contribution in [2.24, 2.45) is 0 Å². The van der Waals surface area contributed by atoms with Gasteiger partial charge >= 0.3 is 0 Å². The normalized spacial score (nSPS) is 13.6. The van der Waals surface area contributed by atoms with E-state index in [4.69, 9.17) is 27.6 Å². The number of hydrogen-bond donors (Lipinski definition) is 3. The van der Waals surface area contributed by atoms with Crippen molar-refractivity contribution in [3.05, 3.63) is 58.0 Å². The molecule has 3 N–H and O–H groups in total. The highest BCUT2D eigenvalue weighted by atomic mass is 35.5. The van der Waals surface area contributed by atoms with E-state index >= 15 is 0 Å². The van der Waals surface area contributed by atoms with Gasteiger partial charge < -0.3 is 19.9 Å². The van der Waals surface area contributed by atoms with Gasteiger partial charge in [0.2, 0.25) is 5.91 Å². The van der Waals surface area contributed by atoms with Crippen molar-refractivity contribution < 1.29 is 19.4 Å². The monoisotopic (exact) mass is 343 g/mol. The van der Waals surface area contributed by atoms with Gasteiger partial charge in [0.1, 0.15) is 11.8 Å². The molecule has 0 fully saturated rings. The molecule has 2 aromatic rings. The number of carbonyl (C=O) groups is 1. The second-order valence-electron chi connectivity index (χ2n) is 4.74. The zero-order valence-corrected chi connectivity index (χ0v) is 13.0. The molecule has 2 rings (SSSR count). The third-order valence-corrected chi connectivity index (χ3v) is 3.49. The molecule has 118 valence electrons. The minimum Gasteiger partial charge on any atom is -0.467 e. The predicted molar refractivity (Wildman–Crippen MR) is 82.7 cm³/mol. The van der Waals surface area contributed by atoms with Crippen molar-refractivity contribution in [1.82, 2.24) is 5.32 Å². The van der Waals surface area contributed by atoms with Gasteiger partial charge in [0.15, 0.2) is 0 Å². The number of halogens is 2. The highest BCUT2D eigenvalue weighted by Crippen LogP contribution is 2.25. The Bertz CT molecular complexity index is 610. The van der Waals surface area contributed by atoms with Crippen LogP contribution in [0.3, 0.4) is 0 Å². The second kappa shape index (κ2) is 7.65. The van der Waals surface area contributed by atoms with Crippen LogP contribution >= 0.6 is 23.2 Å². The fourth-order valence-electron chi connectivity index (χ4n) is 2.01. The van der Waals surface area contributed by atoms with Gasteiger partial charge in [-0.1, -0.05) is 23.2 Å². The molecule has 2 unspecified atom stereocenters. The van der Waals surface area contributed by atoms with Crippen molar-refractivity contribution in [2.45, 2.75) is 18.6 Å². The maximum absolute atomic E-state index is 12.0. The highest BCUT2D eigenvalue weighted by molar-refractivity contribution is 6.34. The highest BCUT2D eigenvalue weighted by Gasteiger charge is 2.19. The van der Waals surface area contributed by atoms with Gasteiger partial charge in [-0.25, -0.2) is 0 Å². The molecule has 0 aliphatic rings. The lowest BCUT2D eigenvalue weighted by Crippen LogP contribution is -2.31. The number of rotatable bonds is 6. The molecule has 1 aromatic heterocycles. The quantitative estimate of drug-likeness (QED) is 0.753. The third-order valence-electron chi connectivity index (χ3n) is 3.05. The number of furan rings is 1. The van der Waals surface area contributed by atoms with Crippen molar-refractivity contribution >= 4 is 29.1 Å². The smallest absolute Gasteiger partial charge is 0.223 e. The Morgan fingerprint density at radius 2 is 1.95 bits per heavy atom. The fraction of sp³-hybridized carbons (Fsp3) is 0.267. The predicted octanol–water partition coefficient (Wildman–Crippen LogP) is 2.86. The van der Waals surface area contributed by atoms with E-state index in [9.17, 15) is 15.0 Å². The maximum Gasteiger partial charge on any atom is 0.223 e. The molecule has 1 heterocycles. The summed E-state index contributed by atoms with van der Waals surface area (Å²) in [5.74, 6) is 0.00943. The molecule has 0 saturated carbocycles. The summed E-state index contributed by atoms with van der Waals surface area (Å²) in [5, 5.41) is 22.7. The number of nitrogens with one attached hydrogen (secondary N) is 1. The van der Waals surface area contributed by atoms with Gasteiger partial charge in [0.25, 0.3) is 0 Å². The zero-order valence-electron chi connectivity index (χ0n) is 11.5. The molecule has 0 saturated heterocycles. The van der Waals surface area contributed by atoms with Crippen LogP contribution in [-0.4, -0.2) is 22.7 Å². The number of carbonyl (C=O) groups excluding carboxylic acids is 1. The van der Waals surface area contributed by atoms with Gasteiger partial charge in [0.05, 0.1) is 25.4 Å². The summed E-state index contributed by atoms with van der Waals surface area (Å²) >= 11 is 11.7. The average Bonchev–Trinajstić information content (AvgIpc) is 2.97. The van der Waals surface area contributed by atoms with Crippen LogP contribution in [0, 0.1) is 0 Å². The Labute approximate surface area is 137 Å². The van der Waals surface area contributed by atoms with E-state index in [1.54, 1.807) is 24.3 Å². The standard InChI is InChI=1S/C15H15Cl2NO4/c16-10-4-9(5-11(17)6-10)13(20)7-15(21)18-12(8-19)14-2-1-3-22-14/h1-6,12-13,19-20H,7-8H2,(H,18,21). The minimum absolute atomic E-state index is 0.187. The Morgan fingerprint density at radius 3 is 2.50 bits per heavy atom. The number of amides is 1. The molecule has 0 bridgehead atoms. The van der Waals surface area contributed by atoms with Gasteiger partial charge in [-0.05, 0) is 35.9 Å². The molecule has 5 nitrogen and oxygen atoms in total. The van der Waals surface area contributed by atoms with Gasteiger partial charge in [0, 0.05) is 10.0 Å². The molecule has 2 atom stereocenters. The average molecular weight is 344 g/mol.